The first-order valence-electron chi connectivity index (χ1n) is 7.20. The smallest absolute Gasteiger partial charge is 0.289 e. The van der Waals surface area contributed by atoms with Gasteiger partial charge in [-0.3, -0.25) is 4.79 Å². The van der Waals surface area contributed by atoms with E-state index in [1.807, 2.05) is 0 Å². The summed E-state index contributed by atoms with van der Waals surface area (Å²) >= 11 is 0. The molecule has 0 radical (unpaired) electrons. The van der Waals surface area contributed by atoms with Gasteiger partial charge in [0.25, 0.3) is 15.0 Å². The maximum absolute atomic E-state index is 12.6. The lowest BCUT2D eigenvalue weighted by Crippen LogP contribution is -2.39. The summed E-state index contributed by atoms with van der Waals surface area (Å²) < 4.78 is 28.2. The highest BCUT2D eigenvalue weighted by atomic mass is 35.7. The van der Waals surface area contributed by atoms with Crippen molar-refractivity contribution in [3.63, 3.8) is 0 Å². The Labute approximate surface area is 129 Å². The number of hydrogen-bond donors (Lipinski definition) is 0. The van der Waals surface area contributed by atoms with Crippen LogP contribution in [0.25, 0.3) is 0 Å². The van der Waals surface area contributed by atoms with Gasteiger partial charge in [-0.1, -0.05) is 19.8 Å². The van der Waals surface area contributed by atoms with Gasteiger partial charge in [-0.2, -0.15) is 0 Å². The Hall–Kier alpha value is -1.01. The molecule has 1 saturated heterocycles. The quantitative estimate of drug-likeness (QED) is 0.796. The van der Waals surface area contributed by atoms with Crippen LogP contribution < -0.4 is 0 Å². The number of nitrogens with zero attached hydrogens (tertiary/aromatic N) is 1. The van der Waals surface area contributed by atoms with Gasteiger partial charge in [-0.05, 0) is 26.2 Å². The Morgan fingerprint density at radius 1 is 1.43 bits per heavy atom. The van der Waals surface area contributed by atoms with Gasteiger partial charge in [0.05, 0.1) is 0 Å². The highest BCUT2D eigenvalue weighted by molar-refractivity contribution is 8.13. The fourth-order valence-electron chi connectivity index (χ4n) is 2.82. The summed E-state index contributed by atoms with van der Waals surface area (Å²) in [5.74, 6) is -0.0540. The van der Waals surface area contributed by atoms with Gasteiger partial charge in [0.15, 0.2) is 5.76 Å². The van der Waals surface area contributed by atoms with E-state index in [1.54, 1.807) is 4.90 Å². The van der Waals surface area contributed by atoms with Crippen LogP contribution >= 0.6 is 10.7 Å². The number of carbonyl (C=O) groups is 1. The zero-order chi connectivity index (χ0) is 15.6. The Kier molecular flexibility index (Phi) is 4.99. The minimum Gasteiger partial charge on any atom is -0.455 e. The lowest BCUT2D eigenvalue weighted by molar-refractivity contribution is 0.0644. The van der Waals surface area contributed by atoms with E-state index in [9.17, 15) is 13.2 Å². The third kappa shape index (κ3) is 3.61. The summed E-state index contributed by atoms with van der Waals surface area (Å²) in [6.45, 7) is 4.23. The molecule has 0 bridgehead atoms. The number of rotatable bonds is 3. The van der Waals surface area contributed by atoms with E-state index in [-0.39, 0.29) is 28.4 Å². The van der Waals surface area contributed by atoms with Crippen LogP contribution in [0.2, 0.25) is 0 Å². The van der Waals surface area contributed by atoms with Crippen molar-refractivity contribution in [1.82, 2.24) is 4.90 Å². The standard InChI is InChI=1S/C14H20ClNO4S/c1-3-11-7-5-4-6-8-16(11)14(17)12-9-13(10(2)20-12)21(15,18)19/h9,11H,3-8H2,1-2H3. The Morgan fingerprint density at radius 3 is 2.71 bits per heavy atom. The average molecular weight is 334 g/mol. The zero-order valence-electron chi connectivity index (χ0n) is 12.3. The van der Waals surface area contributed by atoms with Crippen LogP contribution in [0, 0.1) is 6.92 Å². The first-order chi connectivity index (χ1) is 9.84. The molecule has 2 rings (SSSR count). The summed E-state index contributed by atoms with van der Waals surface area (Å²) in [5, 5.41) is 0. The van der Waals surface area contributed by atoms with Crippen molar-refractivity contribution < 1.29 is 17.6 Å². The molecule has 5 nitrogen and oxygen atoms in total. The molecule has 1 amide bonds. The summed E-state index contributed by atoms with van der Waals surface area (Å²) in [7, 11) is 1.44. The molecule has 118 valence electrons. The fourth-order valence-corrected chi connectivity index (χ4v) is 3.92. The highest BCUT2D eigenvalue weighted by Gasteiger charge is 2.29. The summed E-state index contributed by atoms with van der Waals surface area (Å²) in [6.07, 6.45) is 5.04. The van der Waals surface area contributed by atoms with Crippen molar-refractivity contribution in [3.8, 4) is 0 Å². The minimum absolute atomic E-state index is 0.0482. The van der Waals surface area contributed by atoms with Crippen molar-refractivity contribution in [2.45, 2.75) is 56.9 Å². The number of aryl methyl sites for hydroxylation is 1. The molecule has 1 unspecified atom stereocenters. The summed E-state index contributed by atoms with van der Waals surface area (Å²) in [5.41, 5.74) is 0. The van der Waals surface area contributed by atoms with E-state index in [0.717, 1.165) is 32.1 Å². The van der Waals surface area contributed by atoms with Gasteiger partial charge in [0, 0.05) is 29.3 Å². The van der Waals surface area contributed by atoms with Gasteiger partial charge in [-0.25, -0.2) is 8.42 Å². The van der Waals surface area contributed by atoms with Crippen LogP contribution in [0.5, 0.6) is 0 Å². The Morgan fingerprint density at radius 2 is 2.14 bits per heavy atom. The molecule has 21 heavy (non-hydrogen) atoms. The van der Waals surface area contributed by atoms with Crippen molar-refractivity contribution in [1.29, 1.82) is 0 Å². The molecule has 1 aliphatic rings. The molecule has 0 N–H and O–H groups in total. The van der Waals surface area contributed by atoms with Crippen molar-refractivity contribution in [2.24, 2.45) is 0 Å². The third-order valence-electron chi connectivity index (χ3n) is 3.95. The lowest BCUT2D eigenvalue weighted by Gasteiger charge is -2.28. The predicted molar refractivity (Wildman–Crippen MR) is 80.1 cm³/mol. The van der Waals surface area contributed by atoms with Crippen LogP contribution in [0.1, 0.15) is 55.3 Å². The number of furan rings is 1. The predicted octanol–water partition coefficient (Wildman–Crippen LogP) is 3.31. The summed E-state index contributed by atoms with van der Waals surface area (Å²) in [4.78, 5) is 14.3. The molecule has 1 aromatic rings. The Bertz CT molecular complexity index is 623. The molecule has 0 aromatic carbocycles. The van der Waals surface area contributed by atoms with E-state index in [0.29, 0.717) is 6.54 Å². The second kappa shape index (κ2) is 6.40. The molecule has 2 heterocycles. The number of amides is 1. The largest absolute Gasteiger partial charge is 0.455 e. The van der Waals surface area contributed by atoms with E-state index in [4.69, 9.17) is 15.1 Å². The van der Waals surface area contributed by atoms with Gasteiger partial charge in [0.1, 0.15) is 10.7 Å². The van der Waals surface area contributed by atoms with Crippen molar-refractivity contribution in [3.05, 3.63) is 17.6 Å². The van der Waals surface area contributed by atoms with Gasteiger partial charge < -0.3 is 9.32 Å². The van der Waals surface area contributed by atoms with Crippen LogP contribution in [0.4, 0.5) is 0 Å². The first kappa shape index (κ1) is 16.4. The maximum atomic E-state index is 12.6. The Balaban J connectivity index is 2.30. The van der Waals surface area contributed by atoms with E-state index >= 15 is 0 Å². The van der Waals surface area contributed by atoms with E-state index in [2.05, 4.69) is 6.92 Å². The van der Waals surface area contributed by atoms with Gasteiger partial charge >= 0.3 is 0 Å². The molecule has 1 fully saturated rings. The molecule has 0 saturated carbocycles. The maximum Gasteiger partial charge on any atom is 0.289 e. The molecule has 0 spiro atoms. The fraction of sp³-hybridized carbons (Fsp3) is 0.643. The highest BCUT2D eigenvalue weighted by Crippen LogP contribution is 2.26. The van der Waals surface area contributed by atoms with Crippen LogP contribution in [-0.4, -0.2) is 31.8 Å². The molecule has 0 aliphatic carbocycles. The minimum atomic E-state index is -3.90. The molecular formula is C14H20ClNO4S. The number of carbonyl (C=O) groups excluding carboxylic acids is 1. The third-order valence-corrected chi connectivity index (χ3v) is 5.38. The van der Waals surface area contributed by atoms with Crippen LogP contribution in [-0.2, 0) is 9.05 Å². The number of hydrogen-bond acceptors (Lipinski definition) is 4. The van der Waals surface area contributed by atoms with Crippen molar-refractivity contribution in [2.75, 3.05) is 6.54 Å². The normalized spacial score (nSPS) is 20.3. The molecule has 1 atom stereocenters. The van der Waals surface area contributed by atoms with Crippen LogP contribution in [0.3, 0.4) is 0 Å². The van der Waals surface area contributed by atoms with Gasteiger partial charge in [0.2, 0.25) is 0 Å². The second-order valence-electron chi connectivity index (χ2n) is 5.38. The van der Waals surface area contributed by atoms with Crippen LogP contribution in [0.15, 0.2) is 15.4 Å². The summed E-state index contributed by atoms with van der Waals surface area (Å²) in [6, 6.07) is 1.42. The molecule has 1 aliphatic heterocycles. The average Bonchev–Trinajstić information content (AvgIpc) is 2.67. The molecule has 7 heteroatoms. The first-order valence-corrected chi connectivity index (χ1v) is 9.51. The number of halogens is 1. The lowest BCUT2D eigenvalue weighted by atomic mass is 10.1. The zero-order valence-corrected chi connectivity index (χ0v) is 13.8. The monoisotopic (exact) mass is 333 g/mol. The van der Waals surface area contributed by atoms with Gasteiger partial charge in [-0.15, -0.1) is 0 Å². The number of likely N-dealkylation sites (tertiary alicyclic amines) is 1. The molecule has 1 aromatic heterocycles. The van der Waals surface area contributed by atoms with Crippen molar-refractivity contribution >= 4 is 25.6 Å². The second-order valence-corrected chi connectivity index (χ2v) is 7.91. The molecular weight excluding hydrogens is 314 g/mol. The van der Waals surface area contributed by atoms with E-state index < -0.39 is 9.05 Å². The topological polar surface area (TPSA) is 67.6 Å². The SMILES string of the molecule is CCC1CCCCCN1C(=O)c1cc(S(=O)(=O)Cl)c(C)o1. The van der Waals surface area contributed by atoms with E-state index in [1.165, 1.54) is 13.0 Å².